The van der Waals surface area contributed by atoms with E-state index in [1.807, 2.05) is 0 Å². The highest BCUT2D eigenvalue weighted by Gasteiger charge is 2.83. The Labute approximate surface area is 420 Å². The van der Waals surface area contributed by atoms with E-state index in [0.717, 1.165) is 218 Å². The predicted octanol–water partition coefficient (Wildman–Crippen LogP) is 14.1. The van der Waals surface area contributed by atoms with Gasteiger partial charge >= 0.3 is 61.6 Å². The third-order valence-electron chi connectivity index (χ3n) is 19.5. The van der Waals surface area contributed by atoms with Crippen molar-refractivity contribution in [1.29, 1.82) is 0 Å². The van der Waals surface area contributed by atoms with Crippen LogP contribution >= 0.6 is 0 Å². The molecule has 12 nitrogen and oxygen atoms in total. The molecule has 10 aliphatic rings. The van der Waals surface area contributed by atoms with E-state index >= 15 is 0 Å². The summed E-state index contributed by atoms with van der Waals surface area (Å²) in [6.45, 7) is 11.7. The zero-order valence-electron chi connectivity index (χ0n) is 43.3. The Morgan fingerprint density at radius 2 is 0.544 bits per heavy atom. The molecule has 3 saturated heterocycles. The van der Waals surface area contributed by atoms with Gasteiger partial charge in [-0.2, -0.15) is 0 Å². The zero-order chi connectivity index (χ0) is 47.4. The van der Waals surface area contributed by atoms with E-state index in [1.165, 1.54) is 6.42 Å². The molecule has 3 aliphatic heterocycles. The number of hydrogen-bond acceptors (Lipinski definition) is 12. The Morgan fingerprint density at radius 3 is 0.809 bits per heavy atom. The zero-order valence-corrected chi connectivity index (χ0v) is 51.3. The van der Waals surface area contributed by atoms with Gasteiger partial charge in [-0.1, -0.05) is 156 Å². The van der Waals surface area contributed by atoms with E-state index in [-0.39, 0.29) is 43.8 Å². The number of hydrogen-bond donors (Lipinski definition) is 2. The third kappa shape index (κ3) is 10.4. The normalized spacial score (nSPS) is 42.8. The molecule has 0 radical (unpaired) electrons. The summed E-state index contributed by atoms with van der Waals surface area (Å²) in [5.74, 6) is 0. The van der Waals surface area contributed by atoms with Crippen molar-refractivity contribution in [3.63, 3.8) is 0 Å². The molecule has 2 N–H and O–H groups in total. The summed E-state index contributed by atoms with van der Waals surface area (Å²) in [4.78, 5) is 28.8. The van der Waals surface area contributed by atoms with Crippen LogP contribution in [-0.4, -0.2) is 79.5 Å². The van der Waals surface area contributed by atoms with Crippen LogP contribution in [0.3, 0.4) is 0 Å². The largest absolute Gasteiger partial charge is 0.486 e. The maximum absolute atomic E-state index is 14.4. The van der Waals surface area contributed by atoms with Gasteiger partial charge < -0.3 is 50.7 Å². The summed E-state index contributed by atoms with van der Waals surface area (Å²) in [6.07, 6.45) is 34.8. The third-order valence-corrected chi connectivity index (χ3v) is 58.1. The lowest BCUT2D eigenvalue weighted by Crippen LogP contribution is -2.86. The maximum atomic E-state index is 14.4. The van der Waals surface area contributed by atoms with E-state index < -0.39 is 69.9 Å². The van der Waals surface area contributed by atoms with Crippen LogP contribution in [0, 0.1) is 0 Å². The van der Waals surface area contributed by atoms with Gasteiger partial charge in [0.15, 0.2) is 8.32 Å². The molecule has 20 heteroatoms. The van der Waals surface area contributed by atoms with Crippen molar-refractivity contribution < 1.29 is 50.7 Å². The highest BCUT2D eigenvalue weighted by molar-refractivity contribution is 7.00. The molecule has 7 aliphatic carbocycles. The van der Waals surface area contributed by atoms with Crippen LogP contribution in [0.25, 0.3) is 0 Å². The molecule has 10 fully saturated rings. The van der Waals surface area contributed by atoms with Crippen molar-refractivity contribution >= 4 is 69.9 Å². The molecule has 4 atom stereocenters. The highest BCUT2D eigenvalue weighted by atomic mass is 28.6. The first kappa shape index (κ1) is 52.7. The fourth-order valence-corrected chi connectivity index (χ4v) is 62.7. The van der Waals surface area contributed by atoms with Gasteiger partial charge in [-0.25, -0.2) is 0 Å². The standard InChI is InChI=1S/C48H94O12Si8/c1-48(2,3)61(4,5)51-64(43-31-17-8-18-32-43)56-66(45-35-21-10-22-36-45)54-62(49,41-27-13-6-14-28-41)52-65(44-33-19-9-20-34-44)53-63(50,42-29-15-7-16-30-42)55-67(57-64,46-37-23-11-24-38-46)60-68(58-65,59-66)47-39-25-12-26-40-47/h41-47,49-50H,6-40H2,1-5H3. The molecule has 0 spiro atoms. The molecule has 7 saturated carbocycles. The van der Waals surface area contributed by atoms with Crippen LogP contribution in [0.1, 0.15) is 245 Å². The van der Waals surface area contributed by atoms with E-state index in [1.54, 1.807) is 0 Å². The Morgan fingerprint density at radius 1 is 0.324 bits per heavy atom. The van der Waals surface area contributed by atoms with Crippen LogP contribution < -0.4 is 0 Å². The maximum Gasteiger partial charge on any atom is 0.486 e. The molecule has 10 rings (SSSR count). The van der Waals surface area contributed by atoms with Gasteiger partial charge in [0.2, 0.25) is 0 Å². The molecule has 0 aromatic heterocycles. The number of rotatable bonds is 9. The van der Waals surface area contributed by atoms with Gasteiger partial charge in [0.1, 0.15) is 0 Å². The Kier molecular flexibility index (Phi) is 16.3. The molecule has 3 heterocycles. The van der Waals surface area contributed by atoms with Crippen LogP contribution in [0.5, 0.6) is 0 Å². The highest BCUT2D eigenvalue weighted by Crippen LogP contribution is 2.62. The first-order valence-corrected chi connectivity index (χ1v) is 44.6. The lowest BCUT2D eigenvalue weighted by molar-refractivity contribution is -0.0163. The summed E-state index contributed by atoms with van der Waals surface area (Å²) < 4.78 is 83.8. The fourth-order valence-electron chi connectivity index (χ4n) is 14.5. The minimum Gasteiger partial charge on any atom is -0.416 e. The minimum atomic E-state index is -4.41. The first-order valence-electron chi connectivity index (χ1n) is 29.0. The quantitative estimate of drug-likeness (QED) is 0.213. The van der Waals surface area contributed by atoms with Gasteiger partial charge in [0, 0.05) is 38.8 Å². The van der Waals surface area contributed by atoms with Crippen LogP contribution in [0.2, 0.25) is 56.9 Å². The second-order valence-electron chi connectivity index (χ2n) is 25.4. The monoisotopic (exact) mass is 1090 g/mol. The topological polar surface area (TPSA) is 133 Å². The van der Waals surface area contributed by atoms with Crippen molar-refractivity contribution in [3.8, 4) is 0 Å². The number of fused-ring (bicyclic) bond motifs is 3. The van der Waals surface area contributed by atoms with Crippen molar-refractivity contribution in [2.24, 2.45) is 0 Å². The van der Waals surface area contributed by atoms with Gasteiger partial charge in [0.25, 0.3) is 0 Å². The van der Waals surface area contributed by atoms with Crippen LogP contribution in [-0.2, 0) is 41.2 Å². The molecule has 4 unspecified atom stereocenters. The average Bonchev–Trinajstić information content (AvgIpc) is 3.34. The second kappa shape index (κ2) is 21.0. The fraction of sp³-hybridized carbons (Fsp3) is 1.00. The molecule has 0 aromatic rings. The lowest BCUT2D eigenvalue weighted by Gasteiger charge is -2.63. The van der Waals surface area contributed by atoms with Gasteiger partial charge in [-0.3, -0.25) is 0 Å². The first-order chi connectivity index (χ1) is 32.6. The summed E-state index contributed by atoms with van der Waals surface area (Å²) in [6, 6.07) is 0. The van der Waals surface area contributed by atoms with Crippen molar-refractivity contribution in [3.05, 3.63) is 0 Å². The molecule has 68 heavy (non-hydrogen) atoms. The molecule has 0 amide bonds. The van der Waals surface area contributed by atoms with E-state index in [2.05, 4.69) is 33.9 Å². The van der Waals surface area contributed by atoms with E-state index in [4.69, 9.17) is 41.2 Å². The predicted molar refractivity (Wildman–Crippen MR) is 281 cm³/mol. The summed E-state index contributed by atoms with van der Waals surface area (Å²) in [7, 11) is -32.5. The molecular weight excluding hydrogens is 993 g/mol. The smallest absolute Gasteiger partial charge is 0.416 e. The molecule has 4 bridgehead atoms. The Hall–Kier alpha value is 1.26. The second-order valence-corrected chi connectivity index (χ2v) is 52.4. The Balaban J connectivity index is 1.30. The van der Waals surface area contributed by atoms with Crippen LogP contribution in [0.4, 0.5) is 0 Å². The van der Waals surface area contributed by atoms with Crippen molar-refractivity contribution in [2.45, 2.75) is 302 Å². The molecular formula is C48H94O12Si8. The van der Waals surface area contributed by atoms with Gasteiger partial charge in [-0.15, -0.1) is 0 Å². The van der Waals surface area contributed by atoms with E-state index in [0.29, 0.717) is 0 Å². The SMILES string of the molecule is CC(C)(C)[Si](C)(C)O[Si]1(C2CCCCC2)O[Si]2(C3CCCCC3)O[Si](O)(C3CCCCC3)O[Si]3(C4CCCCC4)O[Si](O)(C4CCCCC4)O[Si](C4CCCCC4)(O[Si](C4CCCCC4)(O3)O2)O1. The summed E-state index contributed by atoms with van der Waals surface area (Å²) in [5, 5.41) is -0.169. The van der Waals surface area contributed by atoms with Gasteiger partial charge in [-0.05, 0) is 108 Å². The minimum absolute atomic E-state index is 0.0298. The summed E-state index contributed by atoms with van der Waals surface area (Å²) in [5.41, 5.74) is -0.822. The molecule has 390 valence electrons. The van der Waals surface area contributed by atoms with Crippen molar-refractivity contribution in [1.82, 2.24) is 0 Å². The average molecular weight is 1090 g/mol. The van der Waals surface area contributed by atoms with Gasteiger partial charge in [0.05, 0.1) is 0 Å². The van der Waals surface area contributed by atoms with Crippen molar-refractivity contribution in [2.75, 3.05) is 0 Å². The van der Waals surface area contributed by atoms with E-state index in [9.17, 15) is 9.59 Å². The lowest BCUT2D eigenvalue weighted by atomic mass is 10.0. The Bertz CT molecular complexity index is 1600. The summed E-state index contributed by atoms with van der Waals surface area (Å²) >= 11 is 0. The van der Waals surface area contributed by atoms with Crippen LogP contribution in [0.15, 0.2) is 0 Å². The molecule has 0 aromatic carbocycles.